The van der Waals surface area contributed by atoms with Crippen LogP contribution in [0.2, 0.25) is 0 Å². The molecule has 104 valence electrons. The molecule has 3 rings (SSSR count). The van der Waals surface area contributed by atoms with Crippen molar-refractivity contribution >= 4 is 16.5 Å². The Morgan fingerprint density at radius 3 is 2.85 bits per heavy atom. The molecule has 0 fully saturated rings. The predicted octanol–water partition coefficient (Wildman–Crippen LogP) is 2.52. The molecule has 0 saturated heterocycles. The molecule has 0 radical (unpaired) electrons. The van der Waals surface area contributed by atoms with Crippen molar-refractivity contribution < 1.29 is 13.3 Å². The molecule has 0 bridgehead atoms. The summed E-state index contributed by atoms with van der Waals surface area (Å²) >= 11 is 0. The van der Waals surface area contributed by atoms with Crippen LogP contribution in [0.25, 0.3) is 0 Å². The number of hydrogen-bond acceptors (Lipinski definition) is 3. The van der Waals surface area contributed by atoms with E-state index < -0.39 is 16.6 Å². The van der Waals surface area contributed by atoms with E-state index in [0.29, 0.717) is 10.6 Å². The van der Waals surface area contributed by atoms with Crippen molar-refractivity contribution in [2.45, 2.75) is 17.4 Å². The maximum Gasteiger partial charge on any atom is 0.126 e. The minimum atomic E-state index is -1.33. The molecule has 0 saturated carbocycles. The third-order valence-electron chi connectivity index (χ3n) is 3.21. The van der Waals surface area contributed by atoms with Crippen molar-refractivity contribution in [3.05, 3.63) is 53.8 Å². The molecule has 2 atom stereocenters. The summed E-state index contributed by atoms with van der Waals surface area (Å²) in [6, 6.07) is 11.8. The number of ether oxygens (including phenoxy) is 1. The summed E-state index contributed by atoms with van der Waals surface area (Å²) in [7, 11) is -1.33. The fourth-order valence-electron chi connectivity index (χ4n) is 2.33. The summed E-state index contributed by atoms with van der Waals surface area (Å²) in [5.74, 6) is 0.703. The van der Waals surface area contributed by atoms with Crippen LogP contribution >= 0.6 is 0 Å². The van der Waals surface area contributed by atoms with Crippen LogP contribution in [0.4, 0.5) is 10.1 Å². The highest BCUT2D eigenvalue weighted by molar-refractivity contribution is 7.85. The zero-order chi connectivity index (χ0) is 14.1. The van der Waals surface area contributed by atoms with Gasteiger partial charge in [-0.2, -0.15) is 0 Å². The van der Waals surface area contributed by atoms with Gasteiger partial charge in [-0.25, -0.2) is 4.39 Å². The minimum absolute atomic E-state index is 0.141. The van der Waals surface area contributed by atoms with E-state index in [1.165, 1.54) is 12.1 Å². The zero-order valence-electron chi connectivity index (χ0n) is 10.7. The van der Waals surface area contributed by atoms with Gasteiger partial charge in [0.15, 0.2) is 0 Å². The first-order chi connectivity index (χ1) is 9.61. The quantitative estimate of drug-likeness (QED) is 0.884. The topological polar surface area (TPSA) is 52.3 Å². The molecule has 0 aliphatic carbocycles. The zero-order valence-corrected chi connectivity index (χ0v) is 11.5. The van der Waals surface area contributed by atoms with Gasteiger partial charge >= 0.3 is 0 Å². The van der Waals surface area contributed by atoms with Gasteiger partial charge in [-0.3, -0.25) is 4.21 Å². The highest BCUT2D eigenvalue weighted by Gasteiger charge is 2.24. The molecule has 1 aliphatic heterocycles. The lowest BCUT2D eigenvalue weighted by molar-refractivity contribution is 0.258. The number of rotatable bonds is 3. The minimum Gasteiger partial charge on any atom is -0.489 e. The number of fused-ring (bicyclic) bond motifs is 1. The largest absolute Gasteiger partial charge is 0.489 e. The maximum atomic E-state index is 13.3. The number of nitrogens with two attached hydrogens (primary N) is 1. The Bertz CT molecular complexity index is 629. The Labute approximate surface area is 119 Å². The molecule has 2 N–H and O–H groups in total. The first kappa shape index (κ1) is 13.1. The van der Waals surface area contributed by atoms with E-state index in [1.807, 2.05) is 24.3 Å². The molecule has 2 aromatic carbocycles. The standard InChI is InChI=1S/C15H14FNO2S/c16-11-6-12(17)8-14(7-11)20(18)9-13-5-10-3-1-2-4-15(10)19-13/h1-4,6-8,13H,5,9,17H2. The number of benzene rings is 2. The van der Waals surface area contributed by atoms with Gasteiger partial charge < -0.3 is 10.5 Å². The van der Waals surface area contributed by atoms with E-state index in [2.05, 4.69) is 0 Å². The van der Waals surface area contributed by atoms with Crippen molar-refractivity contribution in [1.29, 1.82) is 0 Å². The monoisotopic (exact) mass is 291 g/mol. The normalized spacial score (nSPS) is 18.4. The molecular weight excluding hydrogens is 277 g/mol. The van der Waals surface area contributed by atoms with Crippen molar-refractivity contribution in [3.63, 3.8) is 0 Å². The molecule has 3 nitrogen and oxygen atoms in total. The molecule has 0 spiro atoms. The van der Waals surface area contributed by atoms with E-state index in [0.717, 1.165) is 17.7 Å². The summed E-state index contributed by atoms with van der Waals surface area (Å²) in [5, 5.41) is 0. The number of para-hydroxylation sites is 1. The van der Waals surface area contributed by atoms with Crippen LogP contribution in [-0.4, -0.2) is 16.1 Å². The SMILES string of the molecule is Nc1cc(F)cc(S(=O)CC2Cc3ccccc3O2)c1. The lowest BCUT2D eigenvalue weighted by Gasteiger charge is -2.10. The summed E-state index contributed by atoms with van der Waals surface area (Å²) in [6.45, 7) is 0. The second-order valence-electron chi connectivity index (χ2n) is 4.78. The molecule has 1 heterocycles. The number of halogens is 1. The fourth-order valence-corrected chi connectivity index (χ4v) is 3.56. The third-order valence-corrected chi connectivity index (χ3v) is 4.64. The van der Waals surface area contributed by atoms with E-state index in [9.17, 15) is 8.60 Å². The van der Waals surface area contributed by atoms with Crippen LogP contribution in [0.15, 0.2) is 47.4 Å². The molecule has 2 aromatic rings. The number of nitrogen functional groups attached to an aromatic ring is 1. The maximum absolute atomic E-state index is 13.3. The van der Waals surface area contributed by atoms with Crippen LogP contribution in [0, 0.1) is 5.82 Å². The number of hydrogen-bond donors (Lipinski definition) is 1. The molecule has 1 aliphatic rings. The van der Waals surface area contributed by atoms with E-state index in [-0.39, 0.29) is 11.8 Å². The van der Waals surface area contributed by atoms with Crippen molar-refractivity contribution in [2.24, 2.45) is 0 Å². The van der Waals surface area contributed by atoms with Crippen LogP contribution in [0.1, 0.15) is 5.56 Å². The van der Waals surface area contributed by atoms with Crippen molar-refractivity contribution in [1.82, 2.24) is 0 Å². The predicted molar refractivity (Wildman–Crippen MR) is 76.6 cm³/mol. The summed E-state index contributed by atoms with van der Waals surface area (Å²) in [6.07, 6.45) is 0.588. The molecular formula is C15H14FNO2S. The average Bonchev–Trinajstić information content (AvgIpc) is 2.79. The summed E-state index contributed by atoms with van der Waals surface area (Å²) in [4.78, 5) is 0.405. The van der Waals surface area contributed by atoms with E-state index in [4.69, 9.17) is 10.5 Å². The molecule has 0 amide bonds. The van der Waals surface area contributed by atoms with Crippen LogP contribution in [0.3, 0.4) is 0 Å². The van der Waals surface area contributed by atoms with Gasteiger partial charge in [-0.15, -0.1) is 0 Å². The fraction of sp³-hybridized carbons (Fsp3) is 0.200. The van der Waals surface area contributed by atoms with Gasteiger partial charge in [0.05, 0.1) is 16.6 Å². The van der Waals surface area contributed by atoms with Crippen molar-refractivity contribution in [2.75, 3.05) is 11.5 Å². The highest BCUT2D eigenvalue weighted by Crippen LogP contribution is 2.29. The van der Waals surface area contributed by atoms with Gasteiger partial charge in [0.2, 0.25) is 0 Å². The van der Waals surface area contributed by atoms with E-state index in [1.54, 1.807) is 6.07 Å². The first-order valence-corrected chi connectivity index (χ1v) is 7.63. The van der Waals surface area contributed by atoms with Gasteiger partial charge in [-0.1, -0.05) is 18.2 Å². The Morgan fingerprint density at radius 1 is 1.30 bits per heavy atom. The molecule has 20 heavy (non-hydrogen) atoms. The lowest BCUT2D eigenvalue weighted by atomic mass is 10.1. The Morgan fingerprint density at radius 2 is 2.10 bits per heavy atom. The molecule has 5 heteroatoms. The van der Waals surface area contributed by atoms with Crippen molar-refractivity contribution in [3.8, 4) is 5.75 Å². The molecule has 0 aromatic heterocycles. The van der Waals surface area contributed by atoms with E-state index >= 15 is 0 Å². The second kappa shape index (κ2) is 5.25. The van der Waals surface area contributed by atoms with Crippen LogP contribution < -0.4 is 10.5 Å². The van der Waals surface area contributed by atoms with Crippen LogP contribution in [0.5, 0.6) is 5.75 Å². The van der Waals surface area contributed by atoms with Gasteiger partial charge in [0, 0.05) is 17.0 Å². The summed E-state index contributed by atoms with van der Waals surface area (Å²) < 4.78 is 31.3. The third kappa shape index (κ3) is 2.67. The Hall–Kier alpha value is -1.88. The van der Waals surface area contributed by atoms with Gasteiger partial charge in [0.25, 0.3) is 0 Å². The lowest BCUT2D eigenvalue weighted by Crippen LogP contribution is -2.21. The van der Waals surface area contributed by atoms with Gasteiger partial charge in [-0.05, 0) is 29.8 Å². The Balaban J connectivity index is 1.72. The first-order valence-electron chi connectivity index (χ1n) is 6.31. The van der Waals surface area contributed by atoms with Gasteiger partial charge in [0.1, 0.15) is 17.7 Å². The number of anilines is 1. The Kier molecular flexibility index (Phi) is 3.44. The second-order valence-corrected chi connectivity index (χ2v) is 6.28. The average molecular weight is 291 g/mol. The van der Waals surface area contributed by atoms with Crippen LogP contribution in [-0.2, 0) is 17.2 Å². The smallest absolute Gasteiger partial charge is 0.126 e. The molecule has 2 unspecified atom stereocenters. The summed E-state index contributed by atoms with van der Waals surface area (Å²) in [5.41, 5.74) is 6.97. The highest BCUT2D eigenvalue weighted by atomic mass is 32.2.